The second kappa shape index (κ2) is 12.4. The summed E-state index contributed by atoms with van der Waals surface area (Å²) in [4.78, 5) is 27.9. The lowest BCUT2D eigenvalue weighted by Crippen LogP contribution is -2.51. The molecule has 1 aliphatic rings. The number of hydrogen-bond donors (Lipinski definition) is 1. The molecule has 0 aromatic heterocycles. The number of rotatable bonds is 9. The van der Waals surface area contributed by atoms with Gasteiger partial charge in [-0.05, 0) is 71.4 Å². The standard InChI is InChI=1S/C26H32BrClN2O3/c1-3-19-13-14-24(22(27)15-19)33-17-25(31)30(16-20-9-7-8-12-23(20)28)18(2)26(32)29-21-10-5-4-6-11-21/h7-9,12-15,18,21H,3-6,10-11,16-17H2,1-2H3,(H,29,32)/t18-/m0/s1. The molecule has 0 radical (unpaired) electrons. The van der Waals surface area contributed by atoms with Crippen LogP contribution in [0.1, 0.15) is 57.1 Å². The summed E-state index contributed by atoms with van der Waals surface area (Å²) in [5.74, 6) is 0.181. The van der Waals surface area contributed by atoms with E-state index in [1.54, 1.807) is 17.9 Å². The van der Waals surface area contributed by atoms with Crippen molar-refractivity contribution in [1.29, 1.82) is 0 Å². The molecule has 0 aliphatic heterocycles. The fraction of sp³-hybridized carbons (Fsp3) is 0.462. The van der Waals surface area contributed by atoms with Gasteiger partial charge in [-0.3, -0.25) is 9.59 Å². The van der Waals surface area contributed by atoms with Gasteiger partial charge in [-0.15, -0.1) is 0 Å². The number of nitrogens with one attached hydrogen (secondary N) is 1. The zero-order valence-corrected chi connectivity index (χ0v) is 21.6. The Morgan fingerprint density at radius 2 is 1.91 bits per heavy atom. The molecule has 0 bridgehead atoms. The van der Waals surface area contributed by atoms with Crippen molar-refractivity contribution >= 4 is 39.3 Å². The van der Waals surface area contributed by atoms with Gasteiger partial charge in [-0.1, -0.05) is 62.1 Å². The van der Waals surface area contributed by atoms with Crippen LogP contribution in [0.25, 0.3) is 0 Å². The smallest absolute Gasteiger partial charge is 0.261 e. The maximum absolute atomic E-state index is 13.3. The van der Waals surface area contributed by atoms with Crippen molar-refractivity contribution in [3.05, 3.63) is 63.1 Å². The zero-order valence-electron chi connectivity index (χ0n) is 19.3. The lowest BCUT2D eigenvalue weighted by Gasteiger charge is -2.31. The van der Waals surface area contributed by atoms with E-state index in [0.29, 0.717) is 10.8 Å². The minimum atomic E-state index is -0.648. The summed E-state index contributed by atoms with van der Waals surface area (Å²) in [5.41, 5.74) is 1.97. The van der Waals surface area contributed by atoms with Gasteiger partial charge in [0, 0.05) is 17.6 Å². The fourth-order valence-corrected chi connectivity index (χ4v) is 4.80. The van der Waals surface area contributed by atoms with Gasteiger partial charge in [0.1, 0.15) is 11.8 Å². The maximum Gasteiger partial charge on any atom is 0.261 e. The minimum Gasteiger partial charge on any atom is -0.483 e. The van der Waals surface area contributed by atoms with E-state index in [9.17, 15) is 9.59 Å². The second-order valence-corrected chi connectivity index (χ2v) is 9.80. The van der Waals surface area contributed by atoms with Crippen molar-refractivity contribution in [2.75, 3.05) is 6.61 Å². The molecule has 3 rings (SSSR count). The van der Waals surface area contributed by atoms with Crippen LogP contribution in [0, 0.1) is 0 Å². The van der Waals surface area contributed by atoms with Crippen molar-refractivity contribution in [3.63, 3.8) is 0 Å². The number of halogens is 2. The van der Waals surface area contributed by atoms with Gasteiger partial charge >= 0.3 is 0 Å². The van der Waals surface area contributed by atoms with Crippen molar-refractivity contribution in [3.8, 4) is 5.75 Å². The van der Waals surface area contributed by atoms with Gasteiger partial charge in [0.05, 0.1) is 4.47 Å². The molecule has 0 unspecified atom stereocenters. The highest BCUT2D eigenvalue weighted by atomic mass is 79.9. The summed E-state index contributed by atoms with van der Waals surface area (Å²) >= 11 is 9.87. The molecule has 1 N–H and O–H groups in total. The van der Waals surface area contributed by atoms with Gasteiger partial charge < -0.3 is 15.0 Å². The van der Waals surface area contributed by atoms with Crippen molar-refractivity contribution in [1.82, 2.24) is 10.2 Å². The Balaban J connectivity index is 1.73. The number of amides is 2. The quantitative estimate of drug-likeness (QED) is 0.434. The summed E-state index contributed by atoms with van der Waals surface area (Å²) in [6, 6.07) is 12.7. The van der Waals surface area contributed by atoms with Gasteiger partial charge in [0.25, 0.3) is 5.91 Å². The Morgan fingerprint density at radius 1 is 1.18 bits per heavy atom. The van der Waals surface area contributed by atoms with Crippen LogP contribution in [0.2, 0.25) is 5.02 Å². The highest BCUT2D eigenvalue weighted by Crippen LogP contribution is 2.27. The van der Waals surface area contributed by atoms with Crippen LogP contribution < -0.4 is 10.1 Å². The number of carbonyl (C=O) groups is 2. The molecular weight excluding hydrogens is 504 g/mol. The first-order valence-corrected chi connectivity index (χ1v) is 12.8. The Morgan fingerprint density at radius 3 is 2.58 bits per heavy atom. The Hall–Kier alpha value is -2.05. The molecule has 2 aromatic rings. The lowest BCUT2D eigenvalue weighted by atomic mass is 9.95. The number of aryl methyl sites for hydroxylation is 1. The van der Waals surface area contributed by atoms with E-state index >= 15 is 0 Å². The van der Waals surface area contributed by atoms with Gasteiger partial charge in [0.2, 0.25) is 5.91 Å². The largest absolute Gasteiger partial charge is 0.483 e. The van der Waals surface area contributed by atoms with Gasteiger partial charge in [-0.2, -0.15) is 0 Å². The summed E-state index contributed by atoms with van der Waals surface area (Å²) in [5, 5.41) is 3.70. The SMILES string of the molecule is CCc1ccc(OCC(=O)N(Cc2ccccc2Cl)[C@@H](C)C(=O)NC2CCCCC2)c(Br)c1. The molecule has 7 heteroatoms. The zero-order chi connectivity index (χ0) is 23.8. The first kappa shape index (κ1) is 25.6. The molecular formula is C26H32BrClN2O3. The summed E-state index contributed by atoms with van der Waals surface area (Å²) in [6.07, 6.45) is 6.36. The summed E-state index contributed by atoms with van der Waals surface area (Å²) in [7, 11) is 0. The highest BCUT2D eigenvalue weighted by Gasteiger charge is 2.29. The molecule has 5 nitrogen and oxygen atoms in total. The monoisotopic (exact) mass is 534 g/mol. The van der Waals surface area contributed by atoms with E-state index in [1.165, 1.54) is 12.0 Å². The van der Waals surface area contributed by atoms with Crippen LogP contribution in [-0.2, 0) is 22.6 Å². The number of carbonyl (C=O) groups excluding carboxylic acids is 2. The predicted octanol–water partition coefficient (Wildman–Crippen LogP) is 5.91. The Kier molecular flexibility index (Phi) is 9.63. The molecule has 1 aliphatic carbocycles. The van der Waals surface area contributed by atoms with E-state index in [0.717, 1.165) is 42.1 Å². The molecule has 2 aromatic carbocycles. The third kappa shape index (κ3) is 7.21. The van der Waals surface area contributed by atoms with Crippen LogP contribution in [0.5, 0.6) is 5.75 Å². The van der Waals surface area contributed by atoms with Crippen molar-refractivity contribution in [2.45, 2.75) is 71.0 Å². The number of ether oxygens (including phenoxy) is 1. The summed E-state index contributed by atoms with van der Waals surface area (Å²) in [6.45, 7) is 3.91. The van der Waals surface area contributed by atoms with Gasteiger partial charge in [-0.25, -0.2) is 0 Å². The normalized spacial score (nSPS) is 15.0. The number of benzene rings is 2. The topological polar surface area (TPSA) is 58.6 Å². The van der Waals surface area contributed by atoms with E-state index < -0.39 is 6.04 Å². The second-order valence-electron chi connectivity index (χ2n) is 8.54. The number of hydrogen-bond acceptors (Lipinski definition) is 3. The molecule has 33 heavy (non-hydrogen) atoms. The van der Waals surface area contributed by atoms with Crippen LogP contribution >= 0.6 is 27.5 Å². The first-order valence-electron chi connectivity index (χ1n) is 11.6. The molecule has 178 valence electrons. The first-order chi connectivity index (χ1) is 15.9. The Labute approximate surface area is 210 Å². The molecule has 2 amide bonds. The van der Waals surface area contributed by atoms with Crippen LogP contribution in [-0.4, -0.2) is 35.4 Å². The predicted molar refractivity (Wildman–Crippen MR) is 135 cm³/mol. The lowest BCUT2D eigenvalue weighted by molar-refractivity contribution is -0.142. The van der Waals surface area contributed by atoms with Gasteiger partial charge in [0.15, 0.2) is 6.61 Å². The molecule has 0 saturated heterocycles. The van der Waals surface area contributed by atoms with Crippen molar-refractivity contribution in [2.24, 2.45) is 0 Å². The van der Waals surface area contributed by atoms with Crippen molar-refractivity contribution < 1.29 is 14.3 Å². The van der Waals surface area contributed by atoms with Crippen LogP contribution in [0.3, 0.4) is 0 Å². The van der Waals surface area contributed by atoms with Crippen LogP contribution in [0.4, 0.5) is 0 Å². The molecule has 1 saturated carbocycles. The maximum atomic E-state index is 13.3. The third-order valence-electron chi connectivity index (χ3n) is 6.17. The van der Waals surface area contributed by atoms with E-state index in [2.05, 4.69) is 28.2 Å². The highest BCUT2D eigenvalue weighted by molar-refractivity contribution is 9.10. The minimum absolute atomic E-state index is 0.143. The molecule has 1 atom stereocenters. The summed E-state index contributed by atoms with van der Waals surface area (Å²) < 4.78 is 6.63. The Bertz CT molecular complexity index is 962. The molecule has 0 spiro atoms. The fourth-order valence-electron chi connectivity index (χ4n) is 4.07. The third-order valence-corrected chi connectivity index (χ3v) is 7.16. The van der Waals surface area contributed by atoms with Crippen LogP contribution in [0.15, 0.2) is 46.9 Å². The number of nitrogens with zero attached hydrogens (tertiary/aromatic N) is 1. The molecule has 1 fully saturated rings. The average molecular weight is 536 g/mol. The average Bonchev–Trinajstić information content (AvgIpc) is 2.82. The molecule has 0 heterocycles. The van der Waals surface area contributed by atoms with E-state index in [1.807, 2.05) is 36.4 Å². The van der Waals surface area contributed by atoms with E-state index in [-0.39, 0.29) is 31.0 Å². The van der Waals surface area contributed by atoms with E-state index in [4.69, 9.17) is 16.3 Å².